The molecular formula is C58H36N4. The summed E-state index contributed by atoms with van der Waals surface area (Å²) in [5.41, 5.74) is 17.0. The second-order valence-corrected chi connectivity index (χ2v) is 15.2. The molecule has 0 N–H and O–H groups in total. The summed E-state index contributed by atoms with van der Waals surface area (Å²) in [7, 11) is 0. The normalized spacial score (nSPS) is 10.9. The first-order valence-corrected chi connectivity index (χ1v) is 20.5. The van der Waals surface area contributed by atoms with Crippen molar-refractivity contribution in [3.8, 4) is 102 Å². The zero-order chi connectivity index (χ0) is 41.8. The second kappa shape index (κ2) is 16.5. The van der Waals surface area contributed by atoms with E-state index in [2.05, 4.69) is 146 Å². The van der Waals surface area contributed by atoms with Crippen molar-refractivity contribution < 1.29 is 0 Å². The minimum atomic E-state index is 0.589. The van der Waals surface area contributed by atoms with Crippen LogP contribution >= 0.6 is 0 Å². The molecular weight excluding hydrogens is 753 g/mol. The largest absolute Gasteiger partial charge is 0.227 e. The highest BCUT2D eigenvalue weighted by Gasteiger charge is 2.19. The maximum absolute atomic E-state index is 9.90. The van der Waals surface area contributed by atoms with E-state index in [0.29, 0.717) is 17.0 Å². The van der Waals surface area contributed by atoms with Gasteiger partial charge in [-0.1, -0.05) is 182 Å². The van der Waals surface area contributed by atoms with Gasteiger partial charge in [-0.3, -0.25) is 0 Å². The fourth-order valence-electron chi connectivity index (χ4n) is 8.25. The number of aromatic nitrogens is 2. The lowest BCUT2D eigenvalue weighted by Crippen LogP contribution is -1.98. The van der Waals surface area contributed by atoms with Gasteiger partial charge < -0.3 is 0 Å². The molecule has 0 saturated carbocycles. The van der Waals surface area contributed by atoms with Crippen LogP contribution in [0.5, 0.6) is 0 Å². The van der Waals surface area contributed by atoms with Gasteiger partial charge in [0.05, 0.1) is 34.5 Å². The summed E-state index contributed by atoms with van der Waals surface area (Å²) in [6, 6.07) is 79.2. The van der Waals surface area contributed by atoms with Crippen molar-refractivity contribution in [2.75, 3.05) is 0 Å². The summed E-state index contributed by atoms with van der Waals surface area (Å²) in [5, 5.41) is 20.7. The second-order valence-electron chi connectivity index (χ2n) is 15.2. The molecule has 0 fully saturated rings. The smallest absolute Gasteiger partial charge is 0.160 e. The maximum atomic E-state index is 9.90. The van der Waals surface area contributed by atoms with E-state index >= 15 is 0 Å². The quantitative estimate of drug-likeness (QED) is 0.154. The minimum absolute atomic E-state index is 0.589. The van der Waals surface area contributed by atoms with Gasteiger partial charge in [-0.05, 0) is 97.6 Å². The molecule has 288 valence electrons. The minimum Gasteiger partial charge on any atom is -0.227 e. The highest BCUT2D eigenvalue weighted by Crippen LogP contribution is 2.41. The summed E-state index contributed by atoms with van der Waals surface area (Å²) in [6.07, 6.45) is 0. The Morgan fingerprint density at radius 1 is 0.290 bits per heavy atom. The van der Waals surface area contributed by atoms with Gasteiger partial charge in [-0.25, -0.2) is 9.97 Å². The van der Waals surface area contributed by atoms with Gasteiger partial charge in [0, 0.05) is 22.1 Å². The van der Waals surface area contributed by atoms with Crippen LogP contribution in [0.15, 0.2) is 218 Å². The van der Waals surface area contributed by atoms with Gasteiger partial charge in [0.1, 0.15) is 0 Å². The first-order valence-electron chi connectivity index (χ1n) is 20.5. The van der Waals surface area contributed by atoms with Crippen LogP contribution in [0, 0.1) is 22.7 Å². The third kappa shape index (κ3) is 7.30. The van der Waals surface area contributed by atoms with Crippen LogP contribution in [0.2, 0.25) is 0 Å². The Bertz CT molecular complexity index is 3340. The molecule has 0 bridgehead atoms. The van der Waals surface area contributed by atoms with E-state index in [-0.39, 0.29) is 0 Å². The first kappa shape index (κ1) is 37.6. The van der Waals surface area contributed by atoms with Crippen LogP contribution in [-0.2, 0) is 0 Å². The molecule has 0 radical (unpaired) electrons. The Morgan fingerprint density at radius 3 is 1.27 bits per heavy atom. The molecule has 0 atom stereocenters. The molecule has 1 aromatic heterocycles. The molecule has 0 aliphatic carbocycles. The molecule has 4 nitrogen and oxygen atoms in total. The van der Waals surface area contributed by atoms with Gasteiger partial charge in [-0.2, -0.15) is 10.5 Å². The van der Waals surface area contributed by atoms with E-state index in [4.69, 9.17) is 9.97 Å². The van der Waals surface area contributed by atoms with Crippen molar-refractivity contribution in [2.45, 2.75) is 0 Å². The van der Waals surface area contributed by atoms with Crippen LogP contribution in [0.1, 0.15) is 11.1 Å². The molecule has 1 heterocycles. The van der Waals surface area contributed by atoms with E-state index in [0.717, 1.165) is 94.5 Å². The Balaban J connectivity index is 1.22. The molecule has 0 aliphatic heterocycles. The lowest BCUT2D eigenvalue weighted by Gasteiger charge is -2.17. The van der Waals surface area contributed by atoms with Crippen LogP contribution in [0.4, 0.5) is 0 Å². The van der Waals surface area contributed by atoms with Crippen molar-refractivity contribution in [3.05, 3.63) is 230 Å². The molecule has 62 heavy (non-hydrogen) atoms. The Hall–Kier alpha value is -8.70. The number of hydrogen-bond donors (Lipinski definition) is 0. The highest BCUT2D eigenvalue weighted by atomic mass is 14.9. The molecule has 0 aliphatic rings. The SMILES string of the molecule is N#Cc1ccccc1-c1ccc(-c2nc(-c3ccc(-c4ccccc4C#N)cc3)c3cc(-c4cccc(-c5ccccc5)c4)cc(-c4cccc(-c5ccccc5)c4)c3n2)cc1. The maximum Gasteiger partial charge on any atom is 0.160 e. The van der Waals surface area contributed by atoms with Gasteiger partial charge in [0.25, 0.3) is 0 Å². The number of benzene rings is 9. The highest BCUT2D eigenvalue weighted by molar-refractivity contribution is 6.05. The molecule has 10 rings (SSSR count). The molecule has 0 spiro atoms. The molecule has 4 heteroatoms. The molecule has 0 saturated heterocycles. The van der Waals surface area contributed by atoms with Gasteiger partial charge >= 0.3 is 0 Å². The van der Waals surface area contributed by atoms with Gasteiger partial charge in [0.2, 0.25) is 0 Å². The molecule has 9 aromatic carbocycles. The zero-order valence-corrected chi connectivity index (χ0v) is 33.6. The standard InChI is InChI=1S/C58H36N4/c59-37-49-17-7-9-23-52(49)41-25-29-43(30-26-41)56-55-36-51(47-21-11-19-45(33-47)39-13-3-1-4-14-39)35-54(48-22-12-20-46(34-48)40-15-5-2-6-16-40)57(55)62-58(61-56)44-31-27-42(28-32-44)53-24-10-8-18-50(53)38-60/h1-36H. The van der Waals surface area contributed by atoms with Crippen LogP contribution in [0.25, 0.3) is 100 Å². The topological polar surface area (TPSA) is 73.4 Å². The Labute approximate surface area is 361 Å². The average molecular weight is 789 g/mol. The zero-order valence-electron chi connectivity index (χ0n) is 33.6. The molecule has 0 amide bonds. The number of hydrogen-bond acceptors (Lipinski definition) is 4. The number of nitriles is 2. The van der Waals surface area contributed by atoms with Gasteiger partial charge in [-0.15, -0.1) is 0 Å². The van der Waals surface area contributed by atoms with Crippen molar-refractivity contribution in [1.29, 1.82) is 10.5 Å². The van der Waals surface area contributed by atoms with Gasteiger partial charge in [0.15, 0.2) is 5.82 Å². The lowest BCUT2D eigenvalue weighted by molar-refractivity contribution is 1.23. The summed E-state index contributed by atoms with van der Waals surface area (Å²) in [4.78, 5) is 10.8. The van der Waals surface area contributed by atoms with E-state index in [1.54, 1.807) is 0 Å². The first-order chi connectivity index (χ1) is 30.6. The Morgan fingerprint density at radius 2 is 0.726 bits per heavy atom. The van der Waals surface area contributed by atoms with E-state index in [1.807, 2.05) is 84.9 Å². The van der Waals surface area contributed by atoms with Crippen LogP contribution < -0.4 is 0 Å². The summed E-state index contributed by atoms with van der Waals surface area (Å²) >= 11 is 0. The van der Waals surface area contributed by atoms with Crippen molar-refractivity contribution in [3.63, 3.8) is 0 Å². The predicted octanol–water partition coefficient (Wildman–Crippen LogP) is 14.7. The number of fused-ring (bicyclic) bond motifs is 1. The van der Waals surface area contributed by atoms with Crippen molar-refractivity contribution in [2.24, 2.45) is 0 Å². The van der Waals surface area contributed by atoms with Crippen molar-refractivity contribution >= 4 is 10.9 Å². The third-order valence-electron chi connectivity index (χ3n) is 11.4. The van der Waals surface area contributed by atoms with E-state index < -0.39 is 0 Å². The summed E-state index contributed by atoms with van der Waals surface area (Å²) in [6.45, 7) is 0. The fourth-order valence-corrected chi connectivity index (χ4v) is 8.25. The molecule has 10 aromatic rings. The van der Waals surface area contributed by atoms with Crippen molar-refractivity contribution in [1.82, 2.24) is 9.97 Å². The number of rotatable bonds is 8. The predicted molar refractivity (Wildman–Crippen MR) is 252 cm³/mol. The number of nitrogens with zero attached hydrogens (tertiary/aromatic N) is 4. The fraction of sp³-hybridized carbons (Fsp3) is 0. The Kier molecular flexibility index (Phi) is 10.0. The van der Waals surface area contributed by atoms with E-state index in [1.165, 1.54) is 0 Å². The van der Waals surface area contributed by atoms with Crippen LogP contribution in [0.3, 0.4) is 0 Å². The molecule has 0 unspecified atom stereocenters. The average Bonchev–Trinajstić information content (AvgIpc) is 3.36. The third-order valence-corrected chi connectivity index (χ3v) is 11.4. The summed E-state index contributed by atoms with van der Waals surface area (Å²) in [5.74, 6) is 0.589. The summed E-state index contributed by atoms with van der Waals surface area (Å²) < 4.78 is 0. The van der Waals surface area contributed by atoms with Crippen LogP contribution in [-0.4, -0.2) is 9.97 Å². The lowest BCUT2D eigenvalue weighted by atomic mass is 9.91. The van der Waals surface area contributed by atoms with E-state index in [9.17, 15) is 10.5 Å². The monoisotopic (exact) mass is 788 g/mol.